The van der Waals surface area contributed by atoms with Gasteiger partial charge in [0.15, 0.2) is 0 Å². The third kappa shape index (κ3) is 3.32. The summed E-state index contributed by atoms with van der Waals surface area (Å²) in [7, 11) is 0. The van der Waals surface area contributed by atoms with E-state index in [9.17, 15) is 0 Å². The number of aromatic amines is 1. The van der Waals surface area contributed by atoms with Gasteiger partial charge in [-0.05, 0) is 42.3 Å². The highest BCUT2D eigenvalue weighted by atomic mass is 35.5. The van der Waals surface area contributed by atoms with Crippen LogP contribution in [0, 0.1) is 6.92 Å². The molecule has 4 rings (SSSR count). The molecule has 0 bridgehead atoms. The van der Waals surface area contributed by atoms with Crippen LogP contribution in [0.4, 0.5) is 5.82 Å². The van der Waals surface area contributed by atoms with Crippen molar-refractivity contribution in [3.63, 3.8) is 0 Å². The monoisotopic (exact) mass is 349 g/mol. The van der Waals surface area contributed by atoms with Crippen molar-refractivity contribution in [2.24, 2.45) is 0 Å². The molecule has 0 atom stereocenters. The standard InChI is InChI=1S/C19H16ClN5/c1-12-24-18-6-5-14(15-10-22-23-11-15)8-17(18)19(25-12)21-9-13-3-2-4-16(20)7-13/h2-8,10-11H,9H2,1H3,(H,22,23)(H,21,24,25). The molecule has 0 saturated carbocycles. The highest BCUT2D eigenvalue weighted by Crippen LogP contribution is 2.27. The molecule has 0 fully saturated rings. The second-order valence-corrected chi connectivity index (χ2v) is 6.26. The number of halogens is 1. The number of benzene rings is 2. The Morgan fingerprint density at radius 1 is 1.08 bits per heavy atom. The summed E-state index contributed by atoms with van der Waals surface area (Å²) < 4.78 is 0. The Morgan fingerprint density at radius 2 is 2.00 bits per heavy atom. The predicted octanol–water partition coefficient (Wildman–Crippen LogP) is 4.59. The molecule has 0 amide bonds. The summed E-state index contributed by atoms with van der Waals surface area (Å²) in [6, 6.07) is 13.9. The lowest BCUT2D eigenvalue weighted by atomic mass is 10.1. The normalized spacial score (nSPS) is 11.0. The van der Waals surface area contributed by atoms with Crippen molar-refractivity contribution in [2.75, 3.05) is 5.32 Å². The van der Waals surface area contributed by atoms with Crippen molar-refractivity contribution in [3.05, 3.63) is 71.3 Å². The van der Waals surface area contributed by atoms with E-state index in [1.807, 2.05) is 49.5 Å². The van der Waals surface area contributed by atoms with Gasteiger partial charge in [0.2, 0.25) is 0 Å². The molecule has 2 heterocycles. The first-order valence-corrected chi connectivity index (χ1v) is 8.33. The molecule has 4 aromatic rings. The van der Waals surface area contributed by atoms with Gasteiger partial charge in [-0.15, -0.1) is 0 Å². The van der Waals surface area contributed by atoms with E-state index >= 15 is 0 Å². The van der Waals surface area contributed by atoms with Crippen molar-refractivity contribution >= 4 is 28.3 Å². The second kappa shape index (κ2) is 6.53. The number of fused-ring (bicyclic) bond motifs is 1. The van der Waals surface area contributed by atoms with Gasteiger partial charge in [0.25, 0.3) is 0 Å². The van der Waals surface area contributed by atoms with E-state index in [4.69, 9.17) is 11.6 Å². The maximum atomic E-state index is 6.06. The molecule has 2 aromatic heterocycles. The molecule has 0 aliphatic carbocycles. The zero-order chi connectivity index (χ0) is 17.2. The van der Waals surface area contributed by atoms with Gasteiger partial charge in [-0.1, -0.05) is 29.8 Å². The third-order valence-corrected chi connectivity index (χ3v) is 4.22. The van der Waals surface area contributed by atoms with Gasteiger partial charge in [0.1, 0.15) is 11.6 Å². The van der Waals surface area contributed by atoms with Gasteiger partial charge < -0.3 is 5.32 Å². The molecule has 5 nitrogen and oxygen atoms in total. The molecule has 124 valence electrons. The van der Waals surface area contributed by atoms with E-state index in [1.165, 1.54) is 0 Å². The molecular weight excluding hydrogens is 334 g/mol. The van der Waals surface area contributed by atoms with E-state index in [2.05, 4.69) is 31.5 Å². The average molecular weight is 350 g/mol. The van der Waals surface area contributed by atoms with Crippen LogP contribution < -0.4 is 5.32 Å². The average Bonchev–Trinajstić information content (AvgIpc) is 3.14. The van der Waals surface area contributed by atoms with Crippen molar-refractivity contribution in [1.29, 1.82) is 0 Å². The highest BCUT2D eigenvalue weighted by molar-refractivity contribution is 6.30. The van der Waals surface area contributed by atoms with E-state index < -0.39 is 0 Å². The van der Waals surface area contributed by atoms with Crippen LogP contribution in [0.25, 0.3) is 22.0 Å². The van der Waals surface area contributed by atoms with Crippen LogP contribution in [0.15, 0.2) is 54.9 Å². The third-order valence-electron chi connectivity index (χ3n) is 3.99. The van der Waals surface area contributed by atoms with Crippen LogP contribution in [0.2, 0.25) is 5.02 Å². The lowest BCUT2D eigenvalue weighted by Gasteiger charge is -2.11. The van der Waals surface area contributed by atoms with Crippen molar-refractivity contribution in [1.82, 2.24) is 20.2 Å². The van der Waals surface area contributed by atoms with E-state index in [0.717, 1.165) is 44.3 Å². The topological polar surface area (TPSA) is 66.5 Å². The smallest absolute Gasteiger partial charge is 0.137 e. The number of hydrogen-bond acceptors (Lipinski definition) is 4. The Kier molecular flexibility index (Phi) is 4.07. The number of rotatable bonds is 4. The van der Waals surface area contributed by atoms with Crippen molar-refractivity contribution in [3.8, 4) is 11.1 Å². The minimum atomic E-state index is 0.641. The molecule has 0 aliphatic rings. The first-order valence-electron chi connectivity index (χ1n) is 7.95. The van der Waals surface area contributed by atoms with E-state index in [1.54, 1.807) is 6.20 Å². The van der Waals surface area contributed by atoms with Crippen LogP contribution in [-0.4, -0.2) is 20.2 Å². The van der Waals surface area contributed by atoms with Crippen molar-refractivity contribution < 1.29 is 0 Å². The Balaban J connectivity index is 1.72. The van der Waals surface area contributed by atoms with Crippen LogP contribution in [0.5, 0.6) is 0 Å². The fourth-order valence-electron chi connectivity index (χ4n) is 2.80. The molecular formula is C19H16ClN5. The molecule has 2 N–H and O–H groups in total. The molecule has 25 heavy (non-hydrogen) atoms. The molecule has 0 unspecified atom stereocenters. The van der Waals surface area contributed by atoms with Crippen LogP contribution in [0.1, 0.15) is 11.4 Å². The van der Waals surface area contributed by atoms with Gasteiger partial charge in [0.05, 0.1) is 11.7 Å². The summed E-state index contributed by atoms with van der Waals surface area (Å²) >= 11 is 6.06. The summed E-state index contributed by atoms with van der Waals surface area (Å²) in [5.41, 5.74) is 4.11. The maximum absolute atomic E-state index is 6.06. The number of anilines is 1. The van der Waals surface area contributed by atoms with E-state index in [0.29, 0.717) is 6.54 Å². The summed E-state index contributed by atoms with van der Waals surface area (Å²) in [6.45, 7) is 2.54. The largest absolute Gasteiger partial charge is 0.365 e. The Labute approximate surface area is 150 Å². The summed E-state index contributed by atoms with van der Waals surface area (Å²) in [6.07, 6.45) is 3.67. The van der Waals surface area contributed by atoms with Crippen LogP contribution in [0.3, 0.4) is 0 Å². The molecule has 6 heteroatoms. The van der Waals surface area contributed by atoms with Crippen molar-refractivity contribution in [2.45, 2.75) is 13.5 Å². The Morgan fingerprint density at radius 3 is 2.80 bits per heavy atom. The number of nitrogens with zero attached hydrogens (tertiary/aromatic N) is 3. The summed E-state index contributed by atoms with van der Waals surface area (Å²) in [5.74, 6) is 1.55. The van der Waals surface area contributed by atoms with Crippen LogP contribution in [-0.2, 0) is 6.54 Å². The first kappa shape index (κ1) is 15.6. The summed E-state index contributed by atoms with van der Waals surface area (Å²) in [5, 5.41) is 12.0. The number of aryl methyl sites for hydroxylation is 1. The minimum absolute atomic E-state index is 0.641. The highest BCUT2D eigenvalue weighted by Gasteiger charge is 2.08. The number of nitrogens with one attached hydrogen (secondary N) is 2. The van der Waals surface area contributed by atoms with Gasteiger partial charge in [-0.25, -0.2) is 9.97 Å². The molecule has 2 aromatic carbocycles. The van der Waals surface area contributed by atoms with Gasteiger partial charge in [0, 0.05) is 28.7 Å². The fraction of sp³-hybridized carbons (Fsp3) is 0.105. The van der Waals surface area contributed by atoms with E-state index in [-0.39, 0.29) is 0 Å². The van der Waals surface area contributed by atoms with Gasteiger partial charge >= 0.3 is 0 Å². The lowest BCUT2D eigenvalue weighted by molar-refractivity contribution is 1.05. The molecule has 0 spiro atoms. The quantitative estimate of drug-likeness (QED) is 0.565. The zero-order valence-corrected chi connectivity index (χ0v) is 14.4. The minimum Gasteiger partial charge on any atom is -0.365 e. The Hall–Kier alpha value is -2.92. The fourth-order valence-corrected chi connectivity index (χ4v) is 3.01. The number of hydrogen-bond donors (Lipinski definition) is 2. The summed E-state index contributed by atoms with van der Waals surface area (Å²) in [4.78, 5) is 9.11. The second-order valence-electron chi connectivity index (χ2n) is 5.82. The van der Waals surface area contributed by atoms with Gasteiger partial charge in [-0.3, -0.25) is 5.10 Å². The number of H-pyrrole nitrogens is 1. The Bertz CT molecular complexity index is 1030. The predicted molar refractivity (Wildman–Crippen MR) is 101 cm³/mol. The molecule has 0 aliphatic heterocycles. The first-order chi connectivity index (χ1) is 12.2. The molecule has 0 radical (unpaired) electrons. The SMILES string of the molecule is Cc1nc(NCc2cccc(Cl)c2)c2cc(-c3cn[nH]c3)ccc2n1. The number of aromatic nitrogens is 4. The zero-order valence-electron chi connectivity index (χ0n) is 13.6. The van der Waals surface area contributed by atoms with Crippen LogP contribution >= 0.6 is 11.6 Å². The maximum Gasteiger partial charge on any atom is 0.137 e. The molecule has 0 saturated heterocycles. The van der Waals surface area contributed by atoms with Gasteiger partial charge in [-0.2, -0.15) is 5.10 Å². The lowest BCUT2D eigenvalue weighted by Crippen LogP contribution is -2.04.